The van der Waals surface area contributed by atoms with Gasteiger partial charge >= 0.3 is 0 Å². The molecule has 0 atom stereocenters. The molecule has 5 nitrogen and oxygen atoms in total. The summed E-state index contributed by atoms with van der Waals surface area (Å²) in [5, 5.41) is 5.41. The van der Waals surface area contributed by atoms with E-state index in [0.29, 0.717) is 19.5 Å². The highest BCUT2D eigenvalue weighted by Crippen LogP contribution is 2.26. The third-order valence-corrected chi connectivity index (χ3v) is 2.96. The quantitative estimate of drug-likeness (QED) is 0.613. The van der Waals surface area contributed by atoms with Crippen LogP contribution in [0.5, 0.6) is 0 Å². The van der Waals surface area contributed by atoms with Crippen molar-refractivity contribution in [3.05, 3.63) is 0 Å². The van der Waals surface area contributed by atoms with Gasteiger partial charge in [0.25, 0.3) is 0 Å². The van der Waals surface area contributed by atoms with Crippen molar-refractivity contribution in [2.45, 2.75) is 44.6 Å². The zero-order valence-corrected chi connectivity index (χ0v) is 9.84. The Balaban J connectivity index is 2.22. The van der Waals surface area contributed by atoms with Crippen molar-refractivity contribution in [1.82, 2.24) is 10.6 Å². The zero-order valence-electron chi connectivity index (χ0n) is 9.84. The fourth-order valence-corrected chi connectivity index (χ4v) is 1.98. The summed E-state index contributed by atoms with van der Waals surface area (Å²) in [4.78, 5) is 22.9. The monoisotopic (exact) mass is 227 g/mol. The van der Waals surface area contributed by atoms with E-state index in [1.807, 2.05) is 6.92 Å². The van der Waals surface area contributed by atoms with E-state index in [1.165, 1.54) is 0 Å². The van der Waals surface area contributed by atoms with Gasteiger partial charge in [-0.2, -0.15) is 0 Å². The van der Waals surface area contributed by atoms with E-state index in [1.54, 1.807) is 0 Å². The van der Waals surface area contributed by atoms with Crippen LogP contribution in [0.3, 0.4) is 0 Å². The van der Waals surface area contributed by atoms with Gasteiger partial charge in [-0.15, -0.1) is 0 Å². The first kappa shape index (κ1) is 13.0. The number of rotatable bonds is 5. The summed E-state index contributed by atoms with van der Waals surface area (Å²) >= 11 is 0. The Hall–Kier alpha value is -1.10. The lowest BCUT2D eigenvalue weighted by molar-refractivity contribution is -0.126. The van der Waals surface area contributed by atoms with Crippen molar-refractivity contribution in [1.29, 1.82) is 0 Å². The van der Waals surface area contributed by atoms with Gasteiger partial charge in [0.1, 0.15) is 0 Å². The summed E-state index contributed by atoms with van der Waals surface area (Å²) in [7, 11) is 0. The van der Waals surface area contributed by atoms with Crippen LogP contribution in [-0.4, -0.2) is 30.4 Å². The first-order valence-electron chi connectivity index (χ1n) is 5.92. The zero-order chi connectivity index (χ0) is 12.0. The van der Waals surface area contributed by atoms with Crippen LogP contribution in [0.15, 0.2) is 0 Å². The maximum Gasteiger partial charge on any atom is 0.240 e. The number of carbonyl (C=O) groups is 2. The Kier molecular flexibility index (Phi) is 4.73. The molecule has 0 aromatic carbocycles. The molecule has 0 bridgehead atoms. The fourth-order valence-electron chi connectivity index (χ4n) is 1.98. The normalized spacial score (nSPS) is 18.1. The highest BCUT2D eigenvalue weighted by molar-refractivity contribution is 5.86. The third-order valence-electron chi connectivity index (χ3n) is 2.96. The van der Waals surface area contributed by atoms with E-state index < -0.39 is 5.54 Å². The summed E-state index contributed by atoms with van der Waals surface area (Å²) in [5.41, 5.74) is 5.27. The molecule has 0 aromatic heterocycles. The maximum absolute atomic E-state index is 11.7. The van der Waals surface area contributed by atoms with E-state index in [2.05, 4.69) is 10.6 Å². The molecule has 1 aliphatic carbocycles. The molecule has 5 heteroatoms. The van der Waals surface area contributed by atoms with Crippen LogP contribution in [0.4, 0.5) is 0 Å². The van der Waals surface area contributed by atoms with Gasteiger partial charge in [-0.05, 0) is 19.8 Å². The van der Waals surface area contributed by atoms with Gasteiger partial charge in [-0.3, -0.25) is 9.59 Å². The summed E-state index contributed by atoms with van der Waals surface area (Å²) in [5.74, 6) is -0.158. The highest BCUT2D eigenvalue weighted by atomic mass is 16.2. The summed E-state index contributed by atoms with van der Waals surface area (Å²) in [6.45, 7) is 2.85. The van der Waals surface area contributed by atoms with Gasteiger partial charge in [0, 0.05) is 19.5 Å². The molecule has 1 fully saturated rings. The van der Waals surface area contributed by atoms with Gasteiger partial charge in [-0.1, -0.05) is 12.8 Å². The van der Waals surface area contributed by atoms with Gasteiger partial charge in [0.2, 0.25) is 11.8 Å². The Morgan fingerprint density at radius 2 is 1.88 bits per heavy atom. The smallest absolute Gasteiger partial charge is 0.240 e. The van der Waals surface area contributed by atoms with Crippen molar-refractivity contribution in [2.75, 3.05) is 13.1 Å². The minimum absolute atomic E-state index is 0.0414. The molecule has 4 N–H and O–H groups in total. The molecule has 1 rings (SSSR count). The lowest BCUT2D eigenvalue weighted by Gasteiger charge is -2.22. The Labute approximate surface area is 96.1 Å². The van der Waals surface area contributed by atoms with Crippen molar-refractivity contribution in [3.63, 3.8) is 0 Å². The molecule has 0 unspecified atom stereocenters. The molecule has 16 heavy (non-hydrogen) atoms. The first-order chi connectivity index (χ1) is 7.58. The molecule has 0 heterocycles. The van der Waals surface area contributed by atoms with Crippen molar-refractivity contribution < 1.29 is 9.59 Å². The van der Waals surface area contributed by atoms with E-state index in [-0.39, 0.29) is 11.8 Å². The molecule has 0 aliphatic heterocycles. The van der Waals surface area contributed by atoms with E-state index in [9.17, 15) is 9.59 Å². The summed E-state index contributed by atoms with van der Waals surface area (Å²) < 4.78 is 0. The predicted octanol–water partition coefficient (Wildman–Crippen LogP) is -0.0997. The average molecular weight is 227 g/mol. The van der Waals surface area contributed by atoms with E-state index >= 15 is 0 Å². The Bertz CT molecular complexity index is 260. The fraction of sp³-hybridized carbons (Fsp3) is 0.818. The standard InChI is InChI=1S/C11H21N3O2/c1-2-13-9(15)5-8-14-10(16)11(12)6-3-4-7-11/h2-8,12H2,1H3,(H,13,15)(H,14,16). The molecule has 1 saturated carbocycles. The van der Waals surface area contributed by atoms with Crippen LogP contribution in [-0.2, 0) is 9.59 Å². The Morgan fingerprint density at radius 1 is 1.25 bits per heavy atom. The minimum atomic E-state index is -0.693. The molecule has 0 aromatic rings. The third kappa shape index (κ3) is 3.48. The second kappa shape index (κ2) is 5.84. The number of nitrogens with one attached hydrogen (secondary N) is 2. The highest BCUT2D eigenvalue weighted by Gasteiger charge is 2.36. The van der Waals surface area contributed by atoms with Crippen molar-refractivity contribution in [3.8, 4) is 0 Å². The number of hydrogen-bond acceptors (Lipinski definition) is 3. The summed E-state index contributed by atoms with van der Waals surface area (Å²) in [6.07, 6.45) is 3.84. The van der Waals surface area contributed by atoms with E-state index in [4.69, 9.17) is 5.73 Å². The number of amides is 2. The Morgan fingerprint density at radius 3 is 2.44 bits per heavy atom. The SMILES string of the molecule is CCNC(=O)CCNC(=O)C1(N)CCCC1. The van der Waals surface area contributed by atoms with Crippen LogP contribution >= 0.6 is 0 Å². The van der Waals surface area contributed by atoms with Gasteiger partial charge in [-0.25, -0.2) is 0 Å². The van der Waals surface area contributed by atoms with Crippen LogP contribution in [0.2, 0.25) is 0 Å². The maximum atomic E-state index is 11.7. The number of carbonyl (C=O) groups excluding carboxylic acids is 2. The van der Waals surface area contributed by atoms with Crippen LogP contribution < -0.4 is 16.4 Å². The van der Waals surface area contributed by atoms with Crippen molar-refractivity contribution in [2.24, 2.45) is 5.73 Å². The number of hydrogen-bond donors (Lipinski definition) is 3. The molecule has 0 spiro atoms. The van der Waals surface area contributed by atoms with Gasteiger partial charge < -0.3 is 16.4 Å². The molecule has 0 saturated heterocycles. The first-order valence-corrected chi connectivity index (χ1v) is 5.92. The second-order valence-corrected chi connectivity index (χ2v) is 4.32. The van der Waals surface area contributed by atoms with Crippen LogP contribution in [0, 0.1) is 0 Å². The van der Waals surface area contributed by atoms with Crippen molar-refractivity contribution >= 4 is 11.8 Å². The molecular weight excluding hydrogens is 206 g/mol. The molecule has 0 radical (unpaired) electrons. The van der Waals surface area contributed by atoms with Crippen LogP contribution in [0.1, 0.15) is 39.0 Å². The minimum Gasteiger partial charge on any atom is -0.356 e. The molecular formula is C11H21N3O2. The van der Waals surface area contributed by atoms with E-state index in [0.717, 1.165) is 25.7 Å². The molecule has 2 amide bonds. The largest absolute Gasteiger partial charge is 0.356 e. The van der Waals surface area contributed by atoms with Crippen LogP contribution in [0.25, 0.3) is 0 Å². The van der Waals surface area contributed by atoms with Gasteiger partial charge in [0.05, 0.1) is 5.54 Å². The summed E-state index contributed by atoms with van der Waals surface area (Å²) in [6, 6.07) is 0. The van der Waals surface area contributed by atoms with Gasteiger partial charge in [0.15, 0.2) is 0 Å². The lowest BCUT2D eigenvalue weighted by atomic mass is 9.98. The second-order valence-electron chi connectivity index (χ2n) is 4.32. The molecule has 1 aliphatic rings. The molecule has 92 valence electrons. The predicted molar refractivity (Wildman–Crippen MR) is 61.7 cm³/mol. The lowest BCUT2D eigenvalue weighted by Crippen LogP contribution is -2.52. The average Bonchev–Trinajstić information content (AvgIpc) is 2.67. The topological polar surface area (TPSA) is 84.2 Å². The number of nitrogens with two attached hydrogens (primary N) is 1.